The lowest BCUT2D eigenvalue weighted by Crippen LogP contribution is -2.58. The van der Waals surface area contributed by atoms with Gasteiger partial charge in [-0.15, -0.1) is 0 Å². The number of nitrogens with one attached hydrogen (secondary N) is 3. The molecule has 0 spiro atoms. The Labute approximate surface area is 207 Å². The molecule has 5 unspecified atom stereocenters. The molecule has 3 amide bonds. The van der Waals surface area contributed by atoms with E-state index in [1.54, 1.807) is 44.2 Å². The van der Waals surface area contributed by atoms with Gasteiger partial charge in [0.15, 0.2) is 0 Å². The standard InChI is InChI=1S/C23H32N4O9/c1-3-12(2)19(24)22(34)26-15(10-17(28)29)21(33)25-14(9-13-7-5-4-6-8-13)20(32)27-16(23(35)36)11-18(30)31/h4-8,12,14-16,19H,3,9-11,24H2,1-2H3,(H,25,33)(H,26,34)(H,27,32)(H,28,29)(H,30,31)(H,35,36). The lowest BCUT2D eigenvalue weighted by Gasteiger charge is -2.25. The number of benzene rings is 1. The Hall–Kier alpha value is -4.00. The molecule has 8 N–H and O–H groups in total. The number of carboxylic acids is 3. The van der Waals surface area contributed by atoms with Gasteiger partial charge in [-0.05, 0) is 11.5 Å². The smallest absolute Gasteiger partial charge is 0.326 e. The van der Waals surface area contributed by atoms with E-state index in [9.17, 15) is 39.0 Å². The van der Waals surface area contributed by atoms with Gasteiger partial charge in [0.1, 0.15) is 18.1 Å². The van der Waals surface area contributed by atoms with E-state index in [1.165, 1.54) is 0 Å². The highest BCUT2D eigenvalue weighted by atomic mass is 16.4. The molecule has 0 radical (unpaired) electrons. The van der Waals surface area contributed by atoms with Gasteiger partial charge in [-0.25, -0.2) is 4.79 Å². The van der Waals surface area contributed by atoms with Crippen molar-refractivity contribution in [3.8, 4) is 0 Å². The SMILES string of the molecule is CCC(C)C(N)C(=O)NC(CC(=O)O)C(=O)NC(Cc1ccccc1)C(=O)NC(CC(=O)O)C(=O)O. The maximum atomic E-state index is 13.0. The van der Waals surface area contributed by atoms with Gasteiger partial charge < -0.3 is 37.0 Å². The lowest BCUT2D eigenvalue weighted by atomic mass is 9.98. The molecule has 0 heterocycles. The number of rotatable bonds is 15. The molecule has 1 aromatic carbocycles. The van der Waals surface area contributed by atoms with Gasteiger partial charge in [0.25, 0.3) is 0 Å². The van der Waals surface area contributed by atoms with Crippen LogP contribution in [0.25, 0.3) is 0 Å². The van der Waals surface area contributed by atoms with E-state index in [-0.39, 0.29) is 12.3 Å². The van der Waals surface area contributed by atoms with E-state index in [0.717, 1.165) is 0 Å². The topological polar surface area (TPSA) is 225 Å². The fraction of sp³-hybridized carbons (Fsp3) is 0.478. The Balaban J connectivity index is 3.15. The predicted octanol–water partition coefficient (Wildman–Crippen LogP) is -0.909. The minimum Gasteiger partial charge on any atom is -0.481 e. The van der Waals surface area contributed by atoms with Crippen LogP contribution in [-0.4, -0.2) is 75.1 Å². The first-order valence-electron chi connectivity index (χ1n) is 11.2. The number of hydrogen-bond acceptors (Lipinski definition) is 7. The highest BCUT2D eigenvalue weighted by Crippen LogP contribution is 2.08. The van der Waals surface area contributed by atoms with E-state index in [4.69, 9.17) is 10.8 Å². The Bertz CT molecular complexity index is 954. The molecule has 5 atom stereocenters. The first kappa shape index (κ1) is 30.0. The molecule has 0 bridgehead atoms. The zero-order valence-electron chi connectivity index (χ0n) is 20.0. The van der Waals surface area contributed by atoms with Crippen molar-refractivity contribution < 1.29 is 44.1 Å². The summed E-state index contributed by atoms with van der Waals surface area (Å²) in [5, 5.41) is 34.1. The Morgan fingerprint density at radius 1 is 0.778 bits per heavy atom. The summed E-state index contributed by atoms with van der Waals surface area (Å²) in [4.78, 5) is 72.0. The fourth-order valence-corrected chi connectivity index (χ4v) is 3.14. The van der Waals surface area contributed by atoms with E-state index >= 15 is 0 Å². The zero-order chi connectivity index (χ0) is 27.4. The molecule has 36 heavy (non-hydrogen) atoms. The summed E-state index contributed by atoms with van der Waals surface area (Å²) in [6.07, 6.45) is -1.28. The van der Waals surface area contributed by atoms with Gasteiger partial charge in [-0.1, -0.05) is 50.6 Å². The van der Waals surface area contributed by atoms with Crippen molar-refractivity contribution >= 4 is 35.6 Å². The van der Waals surface area contributed by atoms with E-state index in [1.807, 2.05) is 0 Å². The van der Waals surface area contributed by atoms with Gasteiger partial charge in [0, 0.05) is 6.42 Å². The van der Waals surface area contributed by atoms with E-state index < -0.39 is 72.6 Å². The molecule has 0 saturated carbocycles. The second-order valence-electron chi connectivity index (χ2n) is 8.32. The van der Waals surface area contributed by atoms with Crippen LogP contribution in [0.15, 0.2) is 30.3 Å². The van der Waals surface area contributed by atoms with Crippen molar-refractivity contribution in [2.45, 2.75) is 63.7 Å². The third-order valence-corrected chi connectivity index (χ3v) is 5.48. The van der Waals surface area contributed by atoms with Gasteiger partial charge in [0.2, 0.25) is 17.7 Å². The van der Waals surface area contributed by atoms with Gasteiger partial charge in [-0.2, -0.15) is 0 Å². The molecule has 198 valence electrons. The molecule has 0 fully saturated rings. The molecule has 0 aliphatic heterocycles. The molecule has 13 nitrogen and oxygen atoms in total. The molecule has 0 aliphatic carbocycles. The van der Waals surface area contributed by atoms with Crippen LogP contribution >= 0.6 is 0 Å². The summed E-state index contributed by atoms with van der Waals surface area (Å²) < 4.78 is 0. The fourth-order valence-electron chi connectivity index (χ4n) is 3.14. The second-order valence-corrected chi connectivity index (χ2v) is 8.32. The number of carboxylic acid groups (broad SMARTS) is 3. The highest BCUT2D eigenvalue weighted by Gasteiger charge is 2.32. The van der Waals surface area contributed by atoms with Crippen LogP contribution in [0.5, 0.6) is 0 Å². The monoisotopic (exact) mass is 508 g/mol. The Kier molecular flexibility index (Phi) is 12.0. The number of carbonyl (C=O) groups is 6. The van der Waals surface area contributed by atoms with Crippen LogP contribution in [-0.2, 0) is 35.2 Å². The highest BCUT2D eigenvalue weighted by molar-refractivity contribution is 5.96. The molecule has 1 rings (SSSR count). The summed E-state index contributed by atoms with van der Waals surface area (Å²) in [6.45, 7) is 3.52. The van der Waals surface area contributed by atoms with Crippen LogP contribution < -0.4 is 21.7 Å². The van der Waals surface area contributed by atoms with E-state index in [2.05, 4.69) is 16.0 Å². The number of carbonyl (C=O) groups excluding carboxylic acids is 3. The van der Waals surface area contributed by atoms with Crippen LogP contribution in [0.2, 0.25) is 0 Å². The minimum absolute atomic E-state index is 0.127. The number of amides is 3. The van der Waals surface area contributed by atoms with Gasteiger partial charge in [-0.3, -0.25) is 24.0 Å². The number of hydrogen-bond donors (Lipinski definition) is 7. The average Bonchev–Trinajstić information content (AvgIpc) is 2.81. The summed E-state index contributed by atoms with van der Waals surface area (Å²) in [5.74, 6) is -7.47. The Morgan fingerprint density at radius 3 is 1.75 bits per heavy atom. The van der Waals surface area contributed by atoms with Crippen LogP contribution in [0.1, 0.15) is 38.7 Å². The van der Waals surface area contributed by atoms with Gasteiger partial charge in [0.05, 0.1) is 18.9 Å². The maximum absolute atomic E-state index is 13.0. The summed E-state index contributed by atoms with van der Waals surface area (Å²) in [7, 11) is 0. The second kappa shape index (κ2) is 14.4. The number of aliphatic carboxylic acids is 3. The van der Waals surface area contributed by atoms with Crippen molar-refractivity contribution in [1.29, 1.82) is 0 Å². The van der Waals surface area contributed by atoms with Crippen LogP contribution in [0, 0.1) is 5.92 Å². The minimum atomic E-state index is -1.77. The molecule has 0 aliphatic rings. The summed E-state index contributed by atoms with van der Waals surface area (Å²) in [6, 6.07) is 2.56. The number of nitrogens with two attached hydrogens (primary N) is 1. The summed E-state index contributed by atoms with van der Waals surface area (Å²) >= 11 is 0. The van der Waals surface area contributed by atoms with Crippen LogP contribution in [0.4, 0.5) is 0 Å². The first-order chi connectivity index (χ1) is 16.8. The average molecular weight is 509 g/mol. The molecular weight excluding hydrogens is 476 g/mol. The molecule has 13 heteroatoms. The third kappa shape index (κ3) is 10.1. The molecular formula is C23H32N4O9. The first-order valence-corrected chi connectivity index (χ1v) is 11.2. The third-order valence-electron chi connectivity index (χ3n) is 5.48. The molecule has 1 aromatic rings. The van der Waals surface area contributed by atoms with E-state index in [0.29, 0.717) is 12.0 Å². The Morgan fingerprint density at radius 2 is 1.25 bits per heavy atom. The zero-order valence-corrected chi connectivity index (χ0v) is 20.0. The maximum Gasteiger partial charge on any atom is 0.326 e. The van der Waals surface area contributed by atoms with Crippen molar-refractivity contribution in [3.05, 3.63) is 35.9 Å². The van der Waals surface area contributed by atoms with Crippen molar-refractivity contribution in [2.75, 3.05) is 0 Å². The molecule has 0 saturated heterocycles. The van der Waals surface area contributed by atoms with Crippen molar-refractivity contribution in [2.24, 2.45) is 11.7 Å². The van der Waals surface area contributed by atoms with Crippen LogP contribution in [0.3, 0.4) is 0 Å². The quantitative estimate of drug-likeness (QED) is 0.154. The largest absolute Gasteiger partial charge is 0.481 e. The van der Waals surface area contributed by atoms with Crippen molar-refractivity contribution in [1.82, 2.24) is 16.0 Å². The summed E-state index contributed by atoms with van der Waals surface area (Å²) in [5.41, 5.74) is 6.44. The van der Waals surface area contributed by atoms with Crippen molar-refractivity contribution in [3.63, 3.8) is 0 Å². The normalized spacial score (nSPS) is 14.9. The molecule has 0 aromatic heterocycles. The lowest BCUT2D eigenvalue weighted by molar-refractivity contribution is -0.147. The predicted molar refractivity (Wildman–Crippen MR) is 126 cm³/mol. The van der Waals surface area contributed by atoms with Gasteiger partial charge >= 0.3 is 17.9 Å².